The average Bonchev–Trinajstić information content (AvgIpc) is 3.36. The summed E-state index contributed by atoms with van der Waals surface area (Å²) in [5.41, 5.74) is 2.47. The van der Waals surface area contributed by atoms with Gasteiger partial charge in [0.2, 0.25) is 5.91 Å². The van der Waals surface area contributed by atoms with Crippen molar-refractivity contribution in [3.63, 3.8) is 0 Å². The van der Waals surface area contributed by atoms with Gasteiger partial charge in [-0.3, -0.25) is 9.69 Å². The quantitative estimate of drug-likeness (QED) is 0.659. The van der Waals surface area contributed by atoms with Crippen LogP contribution in [-0.2, 0) is 16.0 Å². The van der Waals surface area contributed by atoms with Gasteiger partial charge in [0.25, 0.3) is 0 Å². The van der Waals surface area contributed by atoms with Gasteiger partial charge in [-0.25, -0.2) is 4.98 Å². The predicted molar refractivity (Wildman–Crippen MR) is 133 cm³/mol. The number of hydrogen-bond acceptors (Lipinski definition) is 6. The molecule has 1 aliphatic carbocycles. The molecule has 0 spiro atoms. The van der Waals surface area contributed by atoms with E-state index in [0.717, 1.165) is 101 Å². The van der Waals surface area contributed by atoms with E-state index in [-0.39, 0.29) is 5.91 Å². The molecule has 2 saturated heterocycles. The number of anilines is 1. The number of pyridine rings is 1. The van der Waals surface area contributed by atoms with Crippen LogP contribution in [0.5, 0.6) is 5.75 Å². The van der Waals surface area contributed by atoms with Crippen molar-refractivity contribution in [2.75, 3.05) is 57.4 Å². The van der Waals surface area contributed by atoms with Crippen LogP contribution >= 0.6 is 0 Å². The molecule has 5 rings (SSSR count). The Labute approximate surface area is 204 Å². The summed E-state index contributed by atoms with van der Waals surface area (Å²) in [6.45, 7) is 10.0. The summed E-state index contributed by atoms with van der Waals surface area (Å²) in [5.74, 6) is 3.80. The fourth-order valence-corrected chi connectivity index (χ4v) is 6.23. The second-order valence-electron chi connectivity index (χ2n) is 10.8. The Kier molecular flexibility index (Phi) is 7.90. The molecule has 1 aromatic heterocycles. The zero-order valence-electron chi connectivity index (χ0n) is 20.9. The molecule has 0 radical (unpaired) electrons. The van der Waals surface area contributed by atoms with E-state index in [4.69, 9.17) is 14.5 Å². The molecule has 188 valence electrons. The fourth-order valence-electron chi connectivity index (χ4n) is 6.23. The second-order valence-corrected chi connectivity index (χ2v) is 10.8. The van der Waals surface area contributed by atoms with Crippen molar-refractivity contribution in [2.24, 2.45) is 11.8 Å². The smallest absolute Gasteiger partial charge is 0.220 e. The lowest BCUT2D eigenvalue weighted by atomic mass is 9.83. The van der Waals surface area contributed by atoms with Gasteiger partial charge in [0.1, 0.15) is 11.6 Å². The second kappa shape index (κ2) is 11.3. The third-order valence-electron chi connectivity index (χ3n) is 8.43. The van der Waals surface area contributed by atoms with E-state index in [1.807, 2.05) is 6.20 Å². The monoisotopic (exact) mass is 470 g/mol. The third kappa shape index (κ3) is 5.85. The van der Waals surface area contributed by atoms with Crippen LogP contribution in [-0.4, -0.2) is 74.4 Å². The van der Waals surface area contributed by atoms with Gasteiger partial charge in [0.15, 0.2) is 0 Å². The number of aryl methyl sites for hydroxylation is 1. The zero-order valence-corrected chi connectivity index (χ0v) is 20.9. The summed E-state index contributed by atoms with van der Waals surface area (Å²) in [6, 6.07) is 0.389. The van der Waals surface area contributed by atoms with E-state index in [1.165, 1.54) is 31.4 Å². The maximum absolute atomic E-state index is 12.4. The molecule has 4 aliphatic rings. The lowest BCUT2D eigenvalue weighted by molar-refractivity contribution is -0.123. The predicted octanol–water partition coefficient (Wildman–Crippen LogP) is 3.33. The average molecular weight is 471 g/mol. The summed E-state index contributed by atoms with van der Waals surface area (Å²) in [4.78, 5) is 22.3. The van der Waals surface area contributed by atoms with Crippen LogP contribution in [0.15, 0.2) is 6.20 Å². The minimum atomic E-state index is 0.258. The van der Waals surface area contributed by atoms with Gasteiger partial charge in [0, 0.05) is 75.6 Å². The molecule has 0 aromatic carbocycles. The molecule has 0 bridgehead atoms. The van der Waals surface area contributed by atoms with Gasteiger partial charge in [-0.15, -0.1) is 0 Å². The molecular formula is C27H42N4O3. The normalized spacial score (nSPS) is 26.2. The van der Waals surface area contributed by atoms with Crippen molar-refractivity contribution in [1.29, 1.82) is 0 Å². The molecule has 3 aliphatic heterocycles. The first kappa shape index (κ1) is 23.9. The molecule has 7 nitrogen and oxygen atoms in total. The topological polar surface area (TPSA) is 66.9 Å². The minimum absolute atomic E-state index is 0.258. The van der Waals surface area contributed by atoms with Gasteiger partial charge >= 0.3 is 0 Å². The number of carbonyl (C=O) groups is 1. The third-order valence-corrected chi connectivity index (χ3v) is 8.43. The van der Waals surface area contributed by atoms with Crippen molar-refractivity contribution < 1.29 is 14.3 Å². The Hall–Kier alpha value is -1.86. The van der Waals surface area contributed by atoms with Crippen molar-refractivity contribution in [1.82, 2.24) is 15.2 Å². The van der Waals surface area contributed by atoms with Crippen LogP contribution in [0.25, 0.3) is 0 Å². The molecule has 1 saturated carbocycles. The number of amides is 1. The van der Waals surface area contributed by atoms with E-state index in [1.54, 1.807) is 0 Å². The Morgan fingerprint density at radius 2 is 1.79 bits per heavy atom. The Morgan fingerprint density at radius 1 is 1.03 bits per heavy atom. The highest BCUT2D eigenvalue weighted by atomic mass is 16.5. The SMILES string of the molecule is Cc1cnc(N2CCN(CCC3CCC(NC(=O)CC4CCOCC4)CC3)CC2)c2c1OCC2. The van der Waals surface area contributed by atoms with Crippen LogP contribution < -0.4 is 15.0 Å². The lowest BCUT2D eigenvalue weighted by Crippen LogP contribution is -2.47. The van der Waals surface area contributed by atoms with Crippen LogP contribution in [0.1, 0.15) is 62.5 Å². The number of carbonyl (C=O) groups excluding carboxylic acids is 1. The van der Waals surface area contributed by atoms with Gasteiger partial charge in [-0.05, 0) is 70.3 Å². The number of hydrogen-bond donors (Lipinski definition) is 1. The van der Waals surface area contributed by atoms with E-state index < -0.39 is 0 Å². The zero-order chi connectivity index (χ0) is 23.3. The molecule has 4 heterocycles. The standard InChI is InChI=1S/C27H42N4O3/c1-20-19-28-27(24-9-17-34-26(20)24)31-13-11-30(12-14-31)10-6-21-2-4-23(5-3-21)29-25(32)18-22-7-15-33-16-8-22/h19,21-23H,2-18H2,1H3,(H,29,32). The summed E-state index contributed by atoms with van der Waals surface area (Å²) in [6.07, 6.45) is 11.8. The van der Waals surface area contributed by atoms with Crippen molar-refractivity contribution in [3.8, 4) is 5.75 Å². The number of ether oxygens (including phenoxy) is 2. The number of fused-ring (bicyclic) bond motifs is 1. The molecule has 1 aromatic rings. The highest BCUT2D eigenvalue weighted by molar-refractivity contribution is 5.76. The first-order valence-electron chi connectivity index (χ1n) is 13.6. The Balaban J connectivity index is 0.991. The molecule has 34 heavy (non-hydrogen) atoms. The maximum atomic E-state index is 12.4. The van der Waals surface area contributed by atoms with E-state index in [9.17, 15) is 4.79 Å². The number of piperazine rings is 1. The molecule has 1 amide bonds. The molecule has 0 atom stereocenters. The fraction of sp³-hybridized carbons (Fsp3) is 0.778. The van der Waals surface area contributed by atoms with Gasteiger partial charge in [-0.2, -0.15) is 0 Å². The van der Waals surface area contributed by atoms with Crippen molar-refractivity contribution in [2.45, 2.75) is 70.8 Å². The Morgan fingerprint density at radius 3 is 2.56 bits per heavy atom. The first-order valence-corrected chi connectivity index (χ1v) is 13.6. The summed E-state index contributed by atoms with van der Waals surface area (Å²) < 4.78 is 11.3. The van der Waals surface area contributed by atoms with Crippen molar-refractivity contribution in [3.05, 3.63) is 17.3 Å². The summed E-state index contributed by atoms with van der Waals surface area (Å²) in [7, 11) is 0. The van der Waals surface area contributed by atoms with Gasteiger partial charge < -0.3 is 19.7 Å². The van der Waals surface area contributed by atoms with Crippen LogP contribution in [0.3, 0.4) is 0 Å². The highest BCUT2D eigenvalue weighted by Crippen LogP contribution is 2.35. The first-order chi connectivity index (χ1) is 16.7. The van der Waals surface area contributed by atoms with Crippen molar-refractivity contribution >= 4 is 11.7 Å². The highest BCUT2D eigenvalue weighted by Gasteiger charge is 2.27. The molecular weight excluding hydrogens is 428 g/mol. The number of nitrogens with zero attached hydrogens (tertiary/aromatic N) is 3. The minimum Gasteiger partial charge on any atom is -0.492 e. The number of nitrogens with one attached hydrogen (secondary N) is 1. The van der Waals surface area contributed by atoms with E-state index in [0.29, 0.717) is 18.4 Å². The number of rotatable bonds is 7. The van der Waals surface area contributed by atoms with E-state index >= 15 is 0 Å². The molecule has 3 fully saturated rings. The summed E-state index contributed by atoms with van der Waals surface area (Å²) in [5, 5.41) is 3.32. The van der Waals surface area contributed by atoms with Gasteiger partial charge in [0.05, 0.1) is 6.61 Å². The molecule has 7 heteroatoms. The van der Waals surface area contributed by atoms with E-state index in [2.05, 4.69) is 22.0 Å². The van der Waals surface area contributed by atoms with Gasteiger partial charge in [-0.1, -0.05) is 0 Å². The summed E-state index contributed by atoms with van der Waals surface area (Å²) >= 11 is 0. The maximum Gasteiger partial charge on any atom is 0.220 e. The lowest BCUT2D eigenvalue weighted by Gasteiger charge is -2.37. The van der Waals surface area contributed by atoms with Crippen LogP contribution in [0.4, 0.5) is 5.82 Å². The molecule has 1 N–H and O–H groups in total. The largest absolute Gasteiger partial charge is 0.492 e. The Bertz CT molecular complexity index is 825. The number of aromatic nitrogens is 1. The van der Waals surface area contributed by atoms with Crippen LogP contribution in [0.2, 0.25) is 0 Å². The van der Waals surface area contributed by atoms with Crippen LogP contribution in [0, 0.1) is 18.8 Å². The molecule has 0 unspecified atom stereocenters.